The third-order valence-electron chi connectivity index (χ3n) is 6.66. The van der Waals surface area contributed by atoms with Gasteiger partial charge < -0.3 is 19.1 Å². The Bertz CT molecular complexity index is 1000. The Kier molecular flexibility index (Phi) is 6.33. The molecule has 33 heavy (non-hydrogen) atoms. The highest BCUT2D eigenvalue weighted by molar-refractivity contribution is 9.10. The number of carbonyl (C=O) groups excluding carboxylic acids is 1. The summed E-state index contributed by atoms with van der Waals surface area (Å²) in [5.74, 6) is 1.45. The summed E-state index contributed by atoms with van der Waals surface area (Å²) in [4.78, 5) is 14.8. The van der Waals surface area contributed by atoms with Crippen LogP contribution in [0.4, 0.5) is 4.79 Å². The van der Waals surface area contributed by atoms with Gasteiger partial charge in [0.25, 0.3) is 0 Å². The summed E-state index contributed by atoms with van der Waals surface area (Å²) in [6.45, 7) is 7.33. The van der Waals surface area contributed by atoms with Crippen LogP contribution in [0.5, 0.6) is 5.75 Å². The molecule has 0 spiro atoms. The first-order chi connectivity index (χ1) is 15.8. The van der Waals surface area contributed by atoms with Crippen molar-refractivity contribution in [2.75, 3.05) is 13.2 Å². The first kappa shape index (κ1) is 23.0. The molecule has 1 amide bonds. The fourth-order valence-electron chi connectivity index (χ4n) is 4.66. The molecule has 180 valence electrons. The van der Waals surface area contributed by atoms with Crippen LogP contribution in [-0.4, -0.2) is 51.7 Å². The second kappa shape index (κ2) is 9.10. The Balaban J connectivity index is 1.27. The third kappa shape index (κ3) is 5.32. The van der Waals surface area contributed by atoms with Gasteiger partial charge in [-0.2, -0.15) is 5.10 Å². The summed E-state index contributed by atoms with van der Waals surface area (Å²) in [5, 5.41) is 5.63. The number of benzene rings is 1. The molecule has 1 aromatic carbocycles. The highest BCUT2D eigenvalue weighted by Gasteiger charge is 2.41. The molecule has 1 unspecified atom stereocenters. The van der Waals surface area contributed by atoms with Crippen LogP contribution in [0.1, 0.15) is 71.9 Å². The zero-order chi connectivity index (χ0) is 23.2. The molecule has 3 fully saturated rings. The Morgan fingerprint density at radius 3 is 2.70 bits per heavy atom. The van der Waals surface area contributed by atoms with Gasteiger partial charge in [-0.1, -0.05) is 15.9 Å². The van der Waals surface area contributed by atoms with Gasteiger partial charge in [-0.3, -0.25) is 0 Å². The average Bonchev–Trinajstić information content (AvgIpc) is 3.45. The van der Waals surface area contributed by atoms with Crippen LogP contribution in [0.3, 0.4) is 0 Å². The fraction of sp³-hybridized carbons (Fsp3) is 0.680. The zero-order valence-corrected chi connectivity index (χ0v) is 21.3. The molecular weight excluding hydrogens is 486 g/mol. The Labute approximate surface area is 203 Å². The van der Waals surface area contributed by atoms with Gasteiger partial charge in [-0.15, -0.1) is 0 Å². The van der Waals surface area contributed by atoms with E-state index >= 15 is 0 Å². The molecule has 1 aromatic heterocycles. The monoisotopic (exact) mass is 519 g/mol. The maximum absolute atomic E-state index is 12.8. The van der Waals surface area contributed by atoms with Crippen LogP contribution in [0, 0.1) is 5.92 Å². The van der Waals surface area contributed by atoms with Crippen LogP contribution in [0.25, 0.3) is 10.9 Å². The van der Waals surface area contributed by atoms with E-state index in [4.69, 9.17) is 14.2 Å². The second-order valence-electron chi connectivity index (χ2n) is 10.7. The van der Waals surface area contributed by atoms with Crippen molar-refractivity contribution in [3.8, 4) is 5.75 Å². The smallest absolute Gasteiger partial charge is 0.410 e. The first-order valence-corrected chi connectivity index (χ1v) is 13.0. The van der Waals surface area contributed by atoms with E-state index in [2.05, 4.69) is 27.1 Å². The lowest BCUT2D eigenvalue weighted by Gasteiger charge is -2.43. The molecule has 1 saturated heterocycles. The lowest BCUT2D eigenvalue weighted by molar-refractivity contribution is -0.0366. The van der Waals surface area contributed by atoms with Gasteiger partial charge in [-0.25, -0.2) is 9.48 Å². The number of halogens is 1. The van der Waals surface area contributed by atoms with Crippen molar-refractivity contribution in [1.82, 2.24) is 14.7 Å². The lowest BCUT2D eigenvalue weighted by Crippen LogP contribution is -2.53. The minimum Gasteiger partial charge on any atom is -0.489 e. The van der Waals surface area contributed by atoms with Crippen molar-refractivity contribution in [1.29, 1.82) is 0 Å². The van der Waals surface area contributed by atoms with Crippen LogP contribution in [-0.2, 0) is 9.47 Å². The Morgan fingerprint density at radius 1 is 1.24 bits per heavy atom. The van der Waals surface area contributed by atoms with Crippen LogP contribution in [0.15, 0.2) is 22.8 Å². The number of carbonyl (C=O) groups is 1. The first-order valence-electron chi connectivity index (χ1n) is 12.2. The van der Waals surface area contributed by atoms with E-state index in [0.717, 1.165) is 66.4 Å². The van der Waals surface area contributed by atoms with Crippen molar-refractivity contribution < 1.29 is 19.0 Å². The van der Waals surface area contributed by atoms with E-state index in [-0.39, 0.29) is 24.5 Å². The molecule has 1 aliphatic heterocycles. The molecule has 7 nitrogen and oxygen atoms in total. The summed E-state index contributed by atoms with van der Waals surface area (Å²) in [6, 6.07) is 4.27. The predicted octanol–water partition coefficient (Wildman–Crippen LogP) is 6.05. The van der Waals surface area contributed by atoms with Crippen LogP contribution < -0.4 is 4.74 Å². The largest absolute Gasteiger partial charge is 0.489 e. The van der Waals surface area contributed by atoms with E-state index in [1.54, 1.807) is 0 Å². The average molecular weight is 520 g/mol. The molecule has 3 aliphatic rings. The number of nitrogens with zero attached hydrogens (tertiary/aromatic N) is 3. The standard InChI is InChI=1S/C25H34BrN3O4/c1-25(2,3)33-24(30)28(15-16-7-8-16)18-12-19(13-18)32-22-11-17(26)10-21-20(22)14-27-29(21)23-6-4-5-9-31-23/h10-11,14,16,18-19,23H,4-9,12-13,15H2,1-3H3. The van der Waals surface area contributed by atoms with E-state index in [9.17, 15) is 4.79 Å². The summed E-state index contributed by atoms with van der Waals surface area (Å²) in [6.07, 6.45) is 9.03. The van der Waals surface area contributed by atoms with Crippen molar-refractivity contribution in [2.24, 2.45) is 5.92 Å². The maximum Gasteiger partial charge on any atom is 0.410 e. The number of hydrogen-bond acceptors (Lipinski definition) is 5. The van der Waals surface area contributed by atoms with Gasteiger partial charge in [-0.05, 0) is 70.9 Å². The molecule has 2 aromatic rings. The zero-order valence-electron chi connectivity index (χ0n) is 19.8. The van der Waals surface area contributed by atoms with Gasteiger partial charge in [0.2, 0.25) is 0 Å². The Hall–Kier alpha value is -1.80. The topological polar surface area (TPSA) is 65.8 Å². The maximum atomic E-state index is 12.8. The lowest BCUT2D eigenvalue weighted by atomic mass is 9.87. The number of aromatic nitrogens is 2. The SMILES string of the molecule is CC(C)(C)OC(=O)N(CC1CC1)C1CC(Oc2cc(Br)cc3c2cnn3C2CCCCO2)C1. The highest BCUT2D eigenvalue weighted by Crippen LogP contribution is 2.39. The molecule has 1 atom stereocenters. The highest BCUT2D eigenvalue weighted by atomic mass is 79.9. The molecule has 5 rings (SSSR count). The molecular formula is C25H34BrN3O4. The van der Waals surface area contributed by atoms with Crippen molar-refractivity contribution in [2.45, 2.75) is 89.7 Å². The van der Waals surface area contributed by atoms with Crippen molar-refractivity contribution >= 4 is 32.9 Å². The summed E-state index contributed by atoms with van der Waals surface area (Å²) < 4.78 is 21.0. The second-order valence-corrected chi connectivity index (χ2v) is 11.6. The number of hydrogen-bond donors (Lipinski definition) is 0. The molecule has 8 heteroatoms. The van der Waals surface area contributed by atoms with Gasteiger partial charge in [0.05, 0.1) is 17.1 Å². The summed E-state index contributed by atoms with van der Waals surface area (Å²) in [5.41, 5.74) is 0.536. The van der Waals surface area contributed by atoms with E-state index in [1.165, 1.54) is 12.8 Å². The number of rotatable bonds is 6. The van der Waals surface area contributed by atoms with Gasteiger partial charge in [0, 0.05) is 36.5 Å². The molecule has 2 heterocycles. The Morgan fingerprint density at radius 2 is 2.03 bits per heavy atom. The van der Waals surface area contributed by atoms with Crippen molar-refractivity contribution in [3.63, 3.8) is 0 Å². The van der Waals surface area contributed by atoms with Gasteiger partial charge in [0.15, 0.2) is 6.23 Å². The normalized spacial score (nSPS) is 25.5. The quantitative estimate of drug-likeness (QED) is 0.464. The molecule has 0 N–H and O–H groups in total. The minimum absolute atomic E-state index is 0.0173. The number of ether oxygens (including phenoxy) is 3. The number of amides is 1. The summed E-state index contributed by atoms with van der Waals surface area (Å²) >= 11 is 3.64. The van der Waals surface area contributed by atoms with Gasteiger partial charge in [0.1, 0.15) is 17.5 Å². The van der Waals surface area contributed by atoms with Crippen LogP contribution >= 0.6 is 15.9 Å². The number of fused-ring (bicyclic) bond motifs is 1. The summed E-state index contributed by atoms with van der Waals surface area (Å²) in [7, 11) is 0. The molecule has 2 aliphatic carbocycles. The van der Waals surface area contributed by atoms with Gasteiger partial charge >= 0.3 is 6.09 Å². The third-order valence-corrected chi connectivity index (χ3v) is 7.11. The van der Waals surface area contributed by atoms with E-state index in [0.29, 0.717) is 5.92 Å². The minimum atomic E-state index is -0.483. The molecule has 0 bridgehead atoms. The molecule has 0 radical (unpaired) electrons. The van der Waals surface area contributed by atoms with Crippen LogP contribution in [0.2, 0.25) is 0 Å². The van der Waals surface area contributed by atoms with E-state index in [1.807, 2.05) is 42.6 Å². The van der Waals surface area contributed by atoms with Crippen molar-refractivity contribution in [3.05, 3.63) is 22.8 Å². The fourth-order valence-corrected chi connectivity index (χ4v) is 5.09. The predicted molar refractivity (Wildman–Crippen MR) is 129 cm³/mol. The van der Waals surface area contributed by atoms with E-state index < -0.39 is 5.60 Å². The molecule has 2 saturated carbocycles.